The Balaban J connectivity index is 2.89. The molecule has 0 bridgehead atoms. The van der Waals surface area contributed by atoms with Crippen LogP contribution in [0.5, 0.6) is 0 Å². The Morgan fingerprint density at radius 1 is 1.53 bits per heavy atom. The quantitative estimate of drug-likeness (QED) is 0.527. The molecule has 2 heteroatoms. The highest BCUT2D eigenvalue weighted by molar-refractivity contribution is 6.13. The summed E-state index contributed by atoms with van der Waals surface area (Å²) in [5, 5.41) is 0. The Morgan fingerprint density at radius 3 is 2.73 bits per heavy atom. The van der Waals surface area contributed by atoms with Gasteiger partial charge in [-0.3, -0.25) is 9.59 Å². The van der Waals surface area contributed by atoms with Crippen LogP contribution >= 0.6 is 0 Å². The molecule has 15 heavy (non-hydrogen) atoms. The third-order valence-corrected chi connectivity index (χ3v) is 3.37. The van der Waals surface area contributed by atoms with Gasteiger partial charge in [-0.2, -0.15) is 0 Å². The van der Waals surface area contributed by atoms with Crippen molar-refractivity contribution in [3.05, 3.63) is 11.6 Å². The molecule has 0 spiro atoms. The van der Waals surface area contributed by atoms with Crippen LogP contribution in [0.4, 0.5) is 0 Å². The van der Waals surface area contributed by atoms with Gasteiger partial charge >= 0.3 is 0 Å². The molecule has 2 nitrogen and oxygen atoms in total. The van der Waals surface area contributed by atoms with E-state index in [0.29, 0.717) is 6.42 Å². The third-order valence-electron chi connectivity index (χ3n) is 3.37. The number of allylic oxidation sites excluding steroid dienone is 2. The number of ketones is 2. The van der Waals surface area contributed by atoms with Crippen molar-refractivity contribution in [2.75, 3.05) is 0 Å². The van der Waals surface area contributed by atoms with Crippen molar-refractivity contribution in [2.45, 2.75) is 52.9 Å². The number of Topliss-reactive ketones (excluding diaryl/α,β-unsaturated/α-hetero) is 2. The summed E-state index contributed by atoms with van der Waals surface area (Å²) in [7, 11) is 0. The first kappa shape index (κ1) is 12.2. The first-order valence-electron chi connectivity index (χ1n) is 5.77. The minimum absolute atomic E-state index is 0.00889. The average Bonchev–Trinajstić information content (AvgIpc) is 2.20. The minimum atomic E-state index is -0.738. The summed E-state index contributed by atoms with van der Waals surface area (Å²) >= 11 is 0. The van der Waals surface area contributed by atoms with E-state index in [1.54, 1.807) is 6.92 Å². The van der Waals surface area contributed by atoms with Crippen LogP contribution in [0.3, 0.4) is 0 Å². The van der Waals surface area contributed by atoms with E-state index in [2.05, 4.69) is 6.92 Å². The van der Waals surface area contributed by atoms with E-state index in [1.807, 2.05) is 6.08 Å². The largest absolute Gasteiger partial charge is 0.299 e. The van der Waals surface area contributed by atoms with Crippen molar-refractivity contribution in [3.8, 4) is 0 Å². The van der Waals surface area contributed by atoms with Gasteiger partial charge in [-0.15, -0.1) is 0 Å². The summed E-state index contributed by atoms with van der Waals surface area (Å²) in [5.74, 6) is 0.0734. The fourth-order valence-corrected chi connectivity index (χ4v) is 2.06. The summed E-state index contributed by atoms with van der Waals surface area (Å²) < 4.78 is 0. The number of rotatable bonds is 3. The van der Waals surface area contributed by atoms with Gasteiger partial charge in [-0.25, -0.2) is 0 Å². The van der Waals surface area contributed by atoms with Gasteiger partial charge in [-0.1, -0.05) is 19.4 Å². The second-order valence-electron chi connectivity index (χ2n) is 4.59. The molecule has 0 aromatic heterocycles. The molecule has 1 atom stereocenters. The Morgan fingerprint density at radius 2 is 2.20 bits per heavy atom. The van der Waals surface area contributed by atoms with Crippen molar-refractivity contribution < 1.29 is 9.59 Å². The lowest BCUT2D eigenvalue weighted by atomic mass is 9.70. The molecule has 0 N–H and O–H groups in total. The van der Waals surface area contributed by atoms with Gasteiger partial charge in [0.1, 0.15) is 5.78 Å². The maximum atomic E-state index is 12.1. The smallest absolute Gasteiger partial charge is 0.171 e. The van der Waals surface area contributed by atoms with Crippen molar-refractivity contribution in [2.24, 2.45) is 5.41 Å². The maximum absolute atomic E-state index is 12.1. The van der Waals surface area contributed by atoms with Gasteiger partial charge in [0.2, 0.25) is 0 Å². The van der Waals surface area contributed by atoms with E-state index in [0.717, 1.165) is 31.3 Å². The van der Waals surface area contributed by atoms with Crippen molar-refractivity contribution in [1.29, 1.82) is 0 Å². The second kappa shape index (κ2) is 4.73. The summed E-state index contributed by atoms with van der Waals surface area (Å²) in [4.78, 5) is 23.6. The molecule has 0 amide bonds. The number of unbranched alkanes of at least 4 members (excludes halogenated alkanes) is 1. The van der Waals surface area contributed by atoms with E-state index in [1.165, 1.54) is 6.92 Å². The molecular weight excluding hydrogens is 188 g/mol. The summed E-state index contributed by atoms with van der Waals surface area (Å²) in [6.07, 6.45) is 6.52. The highest BCUT2D eigenvalue weighted by Gasteiger charge is 2.41. The van der Waals surface area contributed by atoms with Crippen LogP contribution in [-0.4, -0.2) is 11.6 Å². The highest BCUT2D eigenvalue weighted by atomic mass is 16.2. The van der Waals surface area contributed by atoms with Crippen LogP contribution in [0.25, 0.3) is 0 Å². The van der Waals surface area contributed by atoms with Gasteiger partial charge in [0.25, 0.3) is 0 Å². The molecule has 0 radical (unpaired) electrons. The van der Waals surface area contributed by atoms with E-state index in [-0.39, 0.29) is 11.6 Å². The first-order chi connectivity index (χ1) is 7.02. The zero-order valence-electron chi connectivity index (χ0n) is 9.93. The number of carbonyl (C=O) groups is 2. The summed E-state index contributed by atoms with van der Waals surface area (Å²) in [6, 6.07) is 0. The van der Waals surface area contributed by atoms with E-state index >= 15 is 0 Å². The van der Waals surface area contributed by atoms with Gasteiger partial charge in [-0.05, 0) is 45.1 Å². The molecule has 0 unspecified atom stereocenters. The Bertz CT molecular complexity index is 302. The van der Waals surface area contributed by atoms with E-state index in [4.69, 9.17) is 0 Å². The van der Waals surface area contributed by atoms with Gasteiger partial charge in [0.05, 0.1) is 5.41 Å². The molecular formula is C13H20O2. The molecule has 1 aliphatic carbocycles. The fourth-order valence-electron chi connectivity index (χ4n) is 2.06. The SMILES string of the molecule is CCC/C=C1\CCC[C@@](C)(C(C)=O)C1=O. The van der Waals surface area contributed by atoms with E-state index < -0.39 is 5.41 Å². The van der Waals surface area contributed by atoms with Crippen molar-refractivity contribution >= 4 is 11.6 Å². The molecule has 1 aliphatic rings. The van der Waals surface area contributed by atoms with Crippen LogP contribution in [0.2, 0.25) is 0 Å². The van der Waals surface area contributed by atoms with Crippen LogP contribution < -0.4 is 0 Å². The average molecular weight is 208 g/mol. The Labute approximate surface area is 91.7 Å². The normalized spacial score (nSPS) is 29.5. The van der Waals surface area contributed by atoms with Crippen molar-refractivity contribution in [1.82, 2.24) is 0 Å². The van der Waals surface area contributed by atoms with Gasteiger partial charge < -0.3 is 0 Å². The van der Waals surface area contributed by atoms with E-state index in [9.17, 15) is 9.59 Å². The topological polar surface area (TPSA) is 34.1 Å². The Hall–Kier alpha value is -0.920. The van der Waals surface area contributed by atoms with Crippen molar-refractivity contribution in [3.63, 3.8) is 0 Å². The molecule has 0 aromatic rings. The highest BCUT2D eigenvalue weighted by Crippen LogP contribution is 2.36. The third kappa shape index (κ3) is 2.36. The zero-order valence-corrected chi connectivity index (χ0v) is 9.93. The van der Waals surface area contributed by atoms with Crippen LogP contribution in [0.1, 0.15) is 52.9 Å². The number of hydrogen-bond donors (Lipinski definition) is 0. The van der Waals surface area contributed by atoms with Gasteiger partial charge in [0, 0.05) is 0 Å². The Kier molecular flexibility index (Phi) is 3.83. The zero-order chi connectivity index (χ0) is 11.5. The first-order valence-corrected chi connectivity index (χ1v) is 5.77. The van der Waals surface area contributed by atoms with Crippen LogP contribution in [-0.2, 0) is 9.59 Å². The molecule has 1 fully saturated rings. The second-order valence-corrected chi connectivity index (χ2v) is 4.59. The standard InChI is InChI=1S/C13H20O2/c1-4-5-7-11-8-6-9-13(3,10(2)14)12(11)15/h7H,4-6,8-9H2,1-3H3/b11-7+/t13-/m0/s1. The monoisotopic (exact) mass is 208 g/mol. The maximum Gasteiger partial charge on any atom is 0.171 e. The van der Waals surface area contributed by atoms with Crippen LogP contribution in [0, 0.1) is 5.41 Å². The lowest BCUT2D eigenvalue weighted by molar-refractivity contribution is -0.137. The van der Waals surface area contributed by atoms with Crippen LogP contribution in [0.15, 0.2) is 11.6 Å². The predicted octanol–water partition coefficient (Wildman–Crippen LogP) is 3.06. The minimum Gasteiger partial charge on any atom is -0.299 e. The summed E-state index contributed by atoms with van der Waals surface area (Å²) in [6.45, 7) is 5.41. The fraction of sp³-hybridized carbons (Fsp3) is 0.692. The number of carbonyl (C=O) groups excluding carboxylic acids is 2. The predicted molar refractivity (Wildman–Crippen MR) is 60.6 cm³/mol. The summed E-state index contributed by atoms with van der Waals surface area (Å²) in [5.41, 5.74) is 0.137. The lowest BCUT2D eigenvalue weighted by Gasteiger charge is -2.30. The molecule has 1 saturated carbocycles. The molecule has 1 rings (SSSR count). The molecule has 0 aliphatic heterocycles. The molecule has 84 valence electrons. The van der Waals surface area contributed by atoms with Gasteiger partial charge in [0.15, 0.2) is 5.78 Å². The molecule has 0 aromatic carbocycles. The molecule has 0 heterocycles. The number of hydrogen-bond acceptors (Lipinski definition) is 2. The molecule has 0 saturated heterocycles. The lowest BCUT2D eigenvalue weighted by Crippen LogP contribution is -2.38.